The lowest BCUT2D eigenvalue weighted by atomic mass is 10.2. The SMILES string of the molecule is O=S(=O)(c1ccccc1)N1CCCN(Cc2ccccc2)CC1. The molecule has 1 fully saturated rings. The van der Waals surface area contributed by atoms with Gasteiger partial charge in [-0.1, -0.05) is 48.5 Å². The van der Waals surface area contributed by atoms with Crippen molar-refractivity contribution in [3.05, 3.63) is 66.2 Å². The van der Waals surface area contributed by atoms with Gasteiger partial charge in [0.15, 0.2) is 0 Å². The molecule has 5 heteroatoms. The van der Waals surface area contributed by atoms with Crippen LogP contribution in [0.5, 0.6) is 0 Å². The van der Waals surface area contributed by atoms with E-state index < -0.39 is 10.0 Å². The lowest BCUT2D eigenvalue weighted by Crippen LogP contribution is -2.35. The first-order valence-corrected chi connectivity index (χ1v) is 9.42. The second kappa shape index (κ2) is 7.25. The number of benzene rings is 2. The Hall–Kier alpha value is -1.69. The van der Waals surface area contributed by atoms with E-state index in [0.29, 0.717) is 18.0 Å². The number of rotatable bonds is 4. The lowest BCUT2D eigenvalue weighted by Gasteiger charge is -2.21. The van der Waals surface area contributed by atoms with Crippen LogP contribution in [0.15, 0.2) is 65.6 Å². The van der Waals surface area contributed by atoms with Crippen molar-refractivity contribution in [1.82, 2.24) is 9.21 Å². The van der Waals surface area contributed by atoms with Gasteiger partial charge >= 0.3 is 0 Å². The maximum atomic E-state index is 12.7. The standard InChI is InChI=1S/C18H22N2O2S/c21-23(22,18-10-5-2-6-11-18)20-13-7-12-19(14-15-20)16-17-8-3-1-4-9-17/h1-6,8-11H,7,12-16H2. The molecule has 0 spiro atoms. The summed E-state index contributed by atoms with van der Waals surface area (Å²) in [5.41, 5.74) is 1.27. The fourth-order valence-electron chi connectivity index (χ4n) is 2.93. The van der Waals surface area contributed by atoms with Crippen molar-refractivity contribution >= 4 is 10.0 Å². The number of nitrogens with zero attached hydrogens (tertiary/aromatic N) is 2. The second-order valence-corrected chi connectivity index (χ2v) is 7.77. The molecule has 0 unspecified atom stereocenters. The zero-order chi connectivity index (χ0) is 16.1. The summed E-state index contributed by atoms with van der Waals surface area (Å²) in [5.74, 6) is 0. The van der Waals surface area contributed by atoms with E-state index in [1.807, 2.05) is 24.3 Å². The Bertz CT molecular complexity index is 717. The first-order valence-electron chi connectivity index (χ1n) is 7.98. The first-order chi connectivity index (χ1) is 11.2. The van der Waals surface area contributed by atoms with Gasteiger partial charge in [-0.25, -0.2) is 8.42 Å². The van der Waals surface area contributed by atoms with Gasteiger partial charge in [0.05, 0.1) is 4.90 Å². The van der Waals surface area contributed by atoms with Gasteiger partial charge in [0.2, 0.25) is 10.0 Å². The molecule has 2 aromatic carbocycles. The molecule has 0 radical (unpaired) electrons. The molecule has 1 aliphatic rings. The maximum Gasteiger partial charge on any atom is 0.243 e. The zero-order valence-electron chi connectivity index (χ0n) is 13.1. The van der Waals surface area contributed by atoms with Gasteiger partial charge in [0.25, 0.3) is 0 Å². The largest absolute Gasteiger partial charge is 0.298 e. The molecule has 0 aliphatic carbocycles. The van der Waals surface area contributed by atoms with Crippen LogP contribution in [0.2, 0.25) is 0 Å². The van der Waals surface area contributed by atoms with E-state index in [1.165, 1.54) is 5.56 Å². The summed E-state index contributed by atoms with van der Waals surface area (Å²) in [5, 5.41) is 0. The van der Waals surface area contributed by atoms with Crippen LogP contribution < -0.4 is 0 Å². The summed E-state index contributed by atoms with van der Waals surface area (Å²) in [6.45, 7) is 3.70. The lowest BCUT2D eigenvalue weighted by molar-refractivity contribution is 0.278. The van der Waals surface area contributed by atoms with Crippen molar-refractivity contribution in [2.75, 3.05) is 26.2 Å². The number of sulfonamides is 1. The van der Waals surface area contributed by atoms with Gasteiger partial charge in [-0.05, 0) is 30.7 Å². The van der Waals surface area contributed by atoms with Gasteiger partial charge in [-0.2, -0.15) is 4.31 Å². The molecule has 0 amide bonds. The normalized spacial score (nSPS) is 17.7. The van der Waals surface area contributed by atoms with Crippen LogP contribution in [0.25, 0.3) is 0 Å². The monoisotopic (exact) mass is 330 g/mol. The Labute approximate surface area is 138 Å². The summed E-state index contributed by atoms with van der Waals surface area (Å²) < 4.78 is 27.0. The van der Waals surface area contributed by atoms with Crippen molar-refractivity contribution < 1.29 is 8.42 Å². The van der Waals surface area contributed by atoms with E-state index in [1.54, 1.807) is 28.6 Å². The quantitative estimate of drug-likeness (QED) is 0.865. The molecule has 1 heterocycles. The summed E-state index contributed by atoms with van der Waals surface area (Å²) in [6.07, 6.45) is 0.860. The third kappa shape index (κ3) is 3.99. The minimum absolute atomic E-state index is 0.386. The smallest absolute Gasteiger partial charge is 0.243 e. The second-order valence-electron chi connectivity index (χ2n) is 5.83. The highest BCUT2D eigenvalue weighted by Crippen LogP contribution is 2.18. The summed E-state index contributed by atoms with van der Waals surface area (Å²) in [7, 11) is -3.37. The third-order valence-electron chi connectivity index (χ3n) is 4.18. The van der Waals surface area contributed by atoms with E-state index >= 15 is 0 Å². The summed E-state index contributed by atoms with van der Waals surface area (Å²) >= 11 is 0. The van der Waals surface area contributed by atoms with Crippen LogP contribution in [0.1, 0.15) is 12.0 Å². The van der Waals surface area contributed by atoms with Gasteiger partial charge in [0, 0.05) is 26.2 Å². The molecule has 0 aromatic heterocycles. The van der Waals surface area contributed by atoms with E-state index in [2.05, 4.69) is 17.0 Å². The first kappa shape index (κ1) is 16.2. The van der Waals surface area contributed by atoms with Crippen LogP contribution in [0, 0.1) is 0 Å². The third-order valence-corrected chi connectivity index (χ3v) is 6.09. The van der Waals surface area contributed by atoms with Crippen LogP contribution in [0.3, 0.4) is 0 Å². The van der Waals surface area contributed by atoms with Gasteiger partial charge in [-0.3, -0.25) is 4.90 Å². The van der Waals surface area contributed by atoms with Gasteiger partial charge < -0.3 is 0 Å². The molecular weight excluding hydrogens is 308 g/mol. The van der Waals surface area contributed by atoms with Crippen LogP contribution >= 0.6 is 0 Å². The predicted octanol–water partition coefficient (Wildman–Crippen LogP) is 2.58. The van der Waals surface area contributed by atoms with Crippen molar-refractivity contribution in [3.8, 4) is 0 Å². The molecule has 0 N–H and O–H groups in total. The molecule has 23 heavy (non-hydrogen) atoms. The van der Waals surface area contributed by atoms with Crippen molar-refractivity contribution in [1.29, 1.82) is 0 Å². The number of hydrogen-bond donors (Lipinski definition) is 0. The van der Waals surface area contributed by atoms with Crippen LogP contribution in [-0.4, -0.2) is 43.8 Å². The Balaban J connectivity index is 1.67. The average Bonchev–Trinajstić information content (AvgIpc) is 2.83. The molecule has 0 bridgehead atoms. The molecule has 122 valence electrons. The maximum absolute atomic E-state index is 12.7. The highest BCUT2D eigenvalue weighted by molar-refractivity contribution is 7.89. The van der Waals surface area contributed by atoms with Crippen LogP contribution in [-0.2, 0) is 16.6 Å². The molecule has 0 saturated carbocycles. The highest BCUT2D eigenvalue weighted by Gasteiger charge is 2.26. The van der Waals surface area contributed by atoms with E-state index in [-0.39, 0.29) is 0 Å². The van der Waals surface area contributed by atoms with E-state index in [4.69, 9.17) is 0 Å². The Kier molecular flexibility index (Phi) is 5.10. The number of hydrogen-bond acceptors (Lipinski definition) is 3. The molecule has 0 atom stereocenters. The Morgan fingerprint density at radius 1 is 0.783 bits per heavy atom. The van der Waals surface area contributed by atoms with Crippen molar-refractivity contribution in [3.63, 3.8) is 0 Å². The fraction of sp³-hybridized carbons (Fsp3) is 0.333. The Morgan fingerprint density at radius 3 is 2.13 bits per heavy atom. The minimum Gasteiger partial charge on any atom is -0.298 e. The fourth-order valence-corrected chi connectivity index (χ4v) is 4.42. The molecular formula is C18H22N2O2S. The Morgan fingerprint density at radius 2 is 1.43 bits per heavy atom. The van der Waals surface area contributed by atoms with E-state index in [9.17, 15) is 8.42 Å². The van der Waals surface area contributed by atoms with Crippen molar-refractivity contribution in [2.24, 2.45) is 0 Å². The van der Waals surface area contributed by atoms with E-state index in [0.717, 1.165) is 26.1 Å². The van der Waals surface area contributed by atoms with Gasteiger partial charge in [-0.15, -0.1) is 0 Å². The molecule has 1 saturated heterocycles. The highest BCUT2D eigenvalue weighted by atomic mass is 32.2. The molecule has 4 nitrogen and oxygen atoms in total. The minimum atomic E-state index is -3.37. The summed E-state index contributed by atoms with van der Waals surface area (Å²) in [6, 6.07) is 19.0. The van der Waals surface area contributed by atoms with Gasteiger partial charge in [0.1, 0.15) is 0 Å². The topological polar surface area (TPSA) is 40.6 Å². The molecule has 3 rings (SSSR count). The molecule has 1 aliphatic heterocycles. The van der Waals surface area contributed by atoms with Crippen LogP contribution in [0.4, 0.5) is 0 Å². The summed E-state index contributed by atoms with van der Waals surface area (Å²) in [4.78, 5) is 2.71. The average molecular weight is 330 g/mol. The predicted molar refractivity (Wildman–Crippen MR) is 91.5 cm³/mol. The van der Waals surface area contributed by atoms with Crippen molar-refractivity contribution in [2.45, 2.75) is 17.9 Å². The zero-order valence-corrected chi connectivity index (χ0v) is 14.0. The molecule has 2 aromatic rings.